The maximum absolute atomic E-state index is 11.1. The summed E-state index contributed by atoms with van der Waals surface area (Å²) in [4.78, 5) is 11.1. The number of nitrogens with zero attached hydrogens (tertiary/aromatic N) is 1. The van der Waals surface area contributed by atoms with E-state index in [1.807, 2.05) is 0 Å². The summed E-state index contributed by atoms with van der Waals surface area (Å²) in [6.07, 6.45) is 6.31. The average Bonchev–Trinajstić information content (AvgIpc) is 2.90. The van der Waals surface area contributed by atoms with Crippen LogP contribution in [0.25, 0.3) is 0 Å². The van der Waals surface area contributed by atoms with Crippen LogP contribution in [0.15, 0.2) is 24.2 Å². The Morgan fingerprint density at radius 3 is 3.08 bits per heavy atom. The Morgan fingerprint density at radius 1 is 1.62 bits per heavy atom. The van der Waals surface area contributed by atoms with Gasteiger partial charge < -0.3 is 9.47 Å². The highest BCUT2D eigenvalue weighted by molar-refractivity contribution is 5.69. The molecule has 1 fully saturated rings. The number of ether oxygens (including phenoxy) is 2. The van der Waals surface area contributed by atoms with Crippen molar-refractivity contribution < 1.29 is 14.3 Å². The van der Waals surface area contributed by atoms with E-state index < -0.39 is 6.09 Å². The molecule has 4 nitrogen and oxygen atoms in total. The number of rotatable bonds is 2. The second kappa shape index (κ2) is 3.51. The van der Waals surface area contributed by atoms with Gasteiger partial charge in [0, 0.05) is 6.08 Å². The maximum atomic E-state index is 11.1. The van der Waals surface area contributed by atoms with E-state index in [1.54, 1.807) is 12.2 Å². The number of hydrogen-bond donors (Lipinski definition) is 0. The van der Waals surface area contributed by atoms with Crippen molar-refractivity contribution in [2.45, 2.75) is 18.9 Å². The normalized spacial score (nSPS) is 20.2. The number of amides is 1. The zero-order valence-corrected chi connectivity index (χ0v) is 7.10. The number of carbonyl (C=O) groups excluding carboxylic acids is 1. The van der Waals surface area contributed by atoms with Gasteiger partial charge in [-0.25, -0.2) is 10.1 Å². The fourth-order valence-electron chi connectivity index (χ4n) is 0.925. The third-order valence-electron chi connectivity index (χ3n) is 1.75. The highest BCUT2D eigenvalue weighted by Crippen LogP contribution is 2.20. The molecule has 0 unspecified atom stereocenters. The lowest BCUT2D eigenvalue weighted by atomic mass is 10.4. The minimum absolute atomic E-state index is 0.205. The van der Waals surface area contributed by atoms with E-state index in [9.17, 15) is 4.79 Å². The highest BCUT2D eigenvalue weighted by Gasteiger charge is 2.26. The fraction of sp³-hybridized carbons (Fsp3) is 0.444. The summed E-state index contributed by atoms with van der Waals surface area (Å²) < 4.78 is 9.83. The second-order valence-electron chi connectivity index (χ2n) is 2.97. The van der Waals surface area contributed by atoms with Crippen molar-refractivity contribution >= 4 is 6.09 Å². The molecule has 0 aromatic carbocycles. The molecule has 1 aliphatic heterocycles. The van der Waals surface area contributed by atoms with Crippen LogP contribution < -0.4 is 5.32 Å². The zero-order valence-electron chi connectivity index (χ0n) is 7.10. The van der Waals surface area contributed by atoms with Crippen molar-refractivity contribution in [2.24, 2.45) is 0 Å². The van der Waals surface area contributed by atoms with E-state index >= 15 is 0 Å². The van der Waals surface area contributed by atoms with Crippen molar-refractivity contribution in [1.82, 2.24) is 5.32 Å². The van der Waals surface area contributed by atoms with Gasteiger partial charge in [-0.05, 0) is 18.9 Å². The van der Waals surface area contributed by atoms with Crippen LogP contribution in [0, 0.1) is 0 Å². The lowest BCUT2D eigenvalue weighted by Crippen LogP contribution is -2.18. The minimum atomic E-state index is -0.500. The average molecular weight is 180 g/mol. The topological polar surface area (TPSA) is 49.6 Å². The summed E-state index contributed by atoms with van der Waals surface area (Å²) in [5.74, 6) is 0.514. The quantitative estimate of drug-likeness (QED) is 0.643. The number of hydrogen-bond acceptors (Lipinski definition) is 3. The Morgan fingerprint density at radius 2 is 2.46 bits per heavy atom. The standard InChI is InChI=1S/C9H10NO3/c11-9(10-7-1-2-7)13-8-3-5-12-6-4-8/h3-5,7H,1-2,6H2. The van der Waals surface area contributed by atoms with Gasteiger partial charge in [0.05, 0.1) is 12.3 Å². The first-order chi connectivity index (χ1) is 6.34. The molecule has 2 rings (SSSR count). The Hall–Kier alpha value is -1.45. The van der Waals surface area contributed by atoms with Gasteiger partial charge in [0.2, 0.25) is 0 Å². The van der Waals surface area contributed by atoms with E-state index in [2.05, 4.69) is 5.32 Å². The summed E-state index contributed by atoms with van der Waals surface area (Å²) in [6, 6.07) is 0.205. The molecule has 0 saturated heterocycles. The number of allylic oxidation sites excluding steroid dienone is 1. The predicted molar refractivity (Wildman–Crippen MR) is 44.8 cm³/mol. The van der Waals surface area contributed by atoms with Gasteiger partial charge in [-0.3, -0.25) is 0 Å². The summed E-state index contributed by atoms with van der Waals surface area (Å²) >= 11 is 0. The van der Waals surface area contributed by atoms with Crippen LogP contribution in [0.5, 0.6) is 0 Å². The first-order valence-corrected chi connectivity index (χ1v) is 4.25. The van der Waals surface area contributed by atoms with Crippen molar-refractivity contribution in [3.8, 4) is 0 Å². The fourth-order valence-corrected chi connectivity index (χ4v) is 0.925. The summed E-state index contributed by atoms with van der Waals surface area (Å²) in [5, 5.41) is 3.81. The van der Waals surface area contributed by atoms with Crippen LogP contribution in [0.4, 0.5) is 4.79 Å². The molecule has 1 aliphatic carbocycles. The molecule has 13 heavy (non-hydrogen) atoms. The van der Waals surface area contributed by atoms with Gasteiger partial charge in [0.25, 0.3) is 0 Å². The first-order valence-electron chi connectivity index (χ1n) is 4.25. The zero-order chi connectivity index (χ0) is 9.10. The monoisotopic (exact) mass is 180 g/mol. The molecule has 1 saturated carbocycles. The molecule has 0 bridgehead atoms. The van der Waals surface area contributed by atoms with Crippen molar-refractivity contribution in [1.29, 1.82) is 0 Å². The minimum Gasteiger partial charge on any atom is -0.497 e. The third-order valence-corrected chi connectivity index (χ3v) is 1.75. The van der Waals surface area contributed by atoms with Gasteiger partial charge in [-0.2, -0.15) is 0 Å². The lowest BCUT2D eigenvalue weighted by Gasteiger charge is -2.07. The Kier molecular flexibility index (Phi) is 2.21. The first kappa shape index (κ1) is 8.16. The van der Waals surface area contributed by atoms with Crippen LogP contribution in [-0.4, -0.2) is 18.7 Å². The second-order valence-corrected chi connectivity index (χ2v) is 2.97. The molecule has 69 valence electrons. The van der Waals surface area contributed by atoms with Crippen LogP contribution >= 0.6 is 0 Å². The van der Waals surface area contributed by atoms with Gasteiger partial charge in [0.15, 0.2) is 0 Å². The van der Waals surface area contributed by atoms with E-state index in [0.29, 0.717) is 12.4 Å². The Bertz CT molecular complexity index is 266. The molecule has 0 atom stereocenters. The molecule has 1 heterocycles. The van der Waals surface area contributed by atoms with Gasteiger partial charge in [-0.15, -0.1) is 0 Å². The largest absolute Gasteiger partial charge is 0.497 e. The smallest absolute Gasteiger partial charge is 0.434 e. The van der Waals surface area contributed by atoms with E-state index in [4.69, 9.17) is 9.47 Å². The molecular formula is C9H10NO3. The molecule has 0 N–H and O–H groups in total. The predicted octanol–water partition coefficient (Wildman–Crippen LogP) is 1.32. The van der Waals surface area contributed by atoms with Crippen LogP contribution in [-0.2, 0) is 9.47 Å². The molecule has 4 heteroatoms. The molecule has 2 aliphatic rings. The highest BCUT2D eigenvalue weighted by atomic mass is 16.6. The summed E-state index contributed by atoms with van der Waals surface area (Å²) in [7, 11) is 0. The SMILES string of the molecule is O=C([N]C1CC1)OC1=CCOC=C1. The van der Waals surface area contributed by atoms with Gasteiger partial charge in [0.1, 0.15) is 12.4 Å². The third kappa shape index (κ3) is 2.50. The molecule has 1 radical (unpaired) electrons. The number of carbonyl (C=O) groups is 1. The van der Waals surface area contributed by atoms with E-state index in [1.165, 1.54) is 6.26 Å². The van der Waals surface area contributed by atoms with Crippen LogP contribution in [0.3, 0.4) is 0 Å². The van der Waals surface area contributed by atoms with E-state index in [0.717, 1.165) is 12.8 Å². The maximum Gasteiger partial charge on any atom is 0.434 e. The van der Waals surface area contributed by atoms with Gasteiger partial charge >= 0.3 is 6.09 Å². The summed E-state index contributed by atoms with van der Waals surface area (Å²) in [6.45, 7) is 0.447. The molecule has 0 aromatic heterocycles. The molecule has 1 amide bonds. The van der Waals surface area contributed by atoms with E-state index in [-0.39, 0.29) is 6.04 Å². The Labute approximate surface area is 76.2 Å². The van der Waals surface area contributed by atoms with Crippen molar-refractivity contribution in [3.63, 3.8) is 0 Å². The van der Waals surface area contributed by atoms with Crippen LogP contribution in [0.1, 0.15) is 12.8 Å². The van der Waals surface area contributed by atoms with Gasteiger partial charge in [-0.1, -0.05) is 0 Å². The summed E-state index contributed by atoms with van der Waals surface area (Å²) in [5.41, 5.74) is 0. The van der Waals surface area contributed by atoms with Crippen LogP contribution in [0.2, 0.25) is 0 Å². The van der Waals surface area contributed by atoms with Crippen molar-refractivity contribution in [2.75, 3.05) is 6.61 Å². The molecule has 0 aromatic rings. The molecule has 0 spiro atoms. The Balaban J connectivity index is 1.78. The lowest BCUT2D eigenvalue weighted by molar-refractivity contribution is 0.173. The molecular weight excluding hydrogens is 170 g/mol. The van der Waals surface area contributed by atoms with Crippen molar-refractivity contribution in [3.05, 3.63) is 24.2 Å².